The molecule has 1 atom stereocenters. The van der Waals surface area contributed by atoms with Crippen LogP contribution >= 0.6 is 0 Å². The summed E-state index contributed by atoms with van der Waals surface area (Å²) in [5, 5.41) is 0. The highest BCUT2D eigenvalue weighted by Crippen LogP contribution is 2.02. The molecule has 0 bridgehead atoms. The van der Waals surface area contributed by atoms with Gasteiger partial charge in [-0.15, -0.1) is 0 Å². The van der Waals surface area contributed by atoms with Gasteiger partial charge in [0, 0.05) is 0 Å². The van der Waals surface area contributed by atoms with Gasteiger partial charge in [0.2, 0.25) is 0 Å². The van der Waals surface area contributed by atoms with Crippen molar-refractivity contribution >= 4 is 6.09 Å². The van der Waals surface area contributed by atoms with E-state index in [2.05, 4.69) is 0 Å². The van der Waals surface area contributed by atoms with Gasteiger partial charge in [0.05, 0.1) is 0 Å². The molecule has 4 N–H and O–H groups in total. The summed E-state index contributed by atoms with van der Waals surface area (Å²) in [5.74, 6) is 0. The van der Waals surface area contributed by atoms with E-state index in [0.717, 1.165) is 19.3 Å². The molecule has 0 aromatic rings. The summed E-state index contributed by atoms with van der Waals surface area (Å²) in [6.45, 7) is 2.50. The Labute approximate surface area is 66.9 Å². The van der Waals surface area contributed by atoms with Gasteiger partial charge in [-0.25, -0.2) is 4.79 Å². The summed E-state index contributed by atoms with van der Waals surface area (Å²) in [4.78, 5) is 10.2. The molecule has 11 heavy (non-hydrogen) atoms. The number of primary amides is 1. The molecule has 66 valence electrons. The van der Waals surface area contributed by atoms with Gasteiger partial charge in [0.1, 0.15) is 6.10 Å². The molecule has 0 rings (SSSR count). The van der Waals surface area contributed by atoms with Gasteiger partial charge >= 0.3 is 6.09 Å². The van der Waals surface area contributed by atoms with Gasteiger partial charge in [-0.2, -0.15) is 0 Å². The highest BCUT2D eigenvalue weighted by molar-refractivity contribution is 5.64. The Morgan fingerprint density at radius 3 is 2.64 bits per heavy atom. The third-order valence-electron chi connectivity index (χ3n) is 1.38. The molecule has 4 heteroatoms. The van der Waals surface area contributed by atoms with Gasteiger partial charge in [-0.1, -0.05) is 0 Å². The standard InChI is InChI=1S/C7H16N2O2/c1-6(11-7(9)10)4-2-3-5-8/h6H,2-5,8H2,1H3,(H2,9,10). The number of nitrogens with two attached hydrogens (primary N) is 2. The van der Waals surface area contributed by atoms with E-state index in [1.54, 1.807) is 0 Å². The van der Waals surface area contributed by atoms with Crippen LogP contribution in [0.25, 0.3) is 0 Å². The molecule has 0 aromatic heterocycles. The first kappa shape index (κ1) is 10.2. The van der Waals surface area contributed by atoms with E-state index in [9.17, 15) is 4.79 Å². The average Bonchev–Trinajstić information content (AvgIpc) is 1.86. The second-order valence-electron chi connectivity index (χ2n) is 2.53. The Kier molecular flexibility index (Phi) is 5.56. The third-order valence-corrected chi connectivity index (χ3v) is 1.38. The Hall–Kier alpha value is -0.770. The van der Waals surface area contributed by atoms with Crippen molar-refractivity contribution in [1.29, 1.82) is 0 Å². The van der Waals surface area contributed by atoms with Crippen LogP contribution in [0.15, 0.2) is 0 Å². The number of unbranched alkanes of at least 4 members (excludes halogenated alkanes) is 1. The summed E-state index contributed by atoms with van der Waals surface area (Å²) >= 11 is 0. The molecule has 0 aliphatic heterocycles. The lowest BCUT2D eigenvalue weighted by Crippen LogP contribution is -2.20. The topological polar surface area (TPSA) is 78.3 Å². The van der Waals surface area contributed by atoms with Crippen LogP contribution in [0.5, 0.6) is 0 Å². The highest BCUT2D eigenvalue weighted by atomic mass is 16.6. The number of hydrogen-bond acceptors (Lipinski definition) is 3. The number of amides is 1. The maximum absolute atomic E-state index is 10.2. The fourth-order valence-corrected chi connectivity index (χ4v) is 0.833. The first-order valence-corrected chi connectivity index (χ1v) is 3.83. The molecule has 1 amide bonds. The van der Waals surface area contributed by atoms with Crippen LogP contribution in [0.1, 0.15) is 26.2 Å². The molecule has 0 aromatic carbocycles. The first-order chi connectivity index (χ1) is 5.16. The lowest BCUT2D eigenvalue weighted by molar-refractivity contribution is 0.110. The maximum atomic E-state index is 10.2. The summed E-state index contributed by atoms with van der Waals surface area (Å²) in [6, 6.07) is 0. The lowest BCUT2D eigenvalue weighted by atomic mass is 10.2. The summed E-state index contributed by atoms with van der Waals surface area (Å²) in [5.41, 5.74) is 10.1. The molecule has 0 fully saturated rings. The van der Waals surface area contributed by atoms with Crippen molar-refractivity contribution in [1.82, 2.24) is 0 Å². The normalized spacial score (nSPS) is 12.5. The SMILES string of the molecule is CC(CCCCN)OC(N)=O. The van der Waals surface area contributed by atoms with Crippen molar-refractivity contribution in [2.75, 3.05) is 6.54 Å². The quantitative estimate of drug-likeness (QED) is 0.578. The second-order valence-corrected chi connectivity index (χ2v) is 2.53. The summed E-state index contributed by atoms with van der Waals surface area (Å²) in [7, 11) is 0. The van der Waals surface area contributed by atoms with Gasteiger partial charge in [-0.3, -0.25) is 0 Å². The lowest BCUT2D eigenvalue weighted by Gasteiger charge is -2.09. The van der Waals surface area contributed by atoms with E-state index < -0.39 is 6.09 Å². The number of carbonyl (C=O) groups is 1. The van der Waals surface area contributed by atoms with E-state index >= 15 is 0 Å². The van der Waals surface area contributed by atoms with Crippen molar-refractivity contribution in [3.63, 3.8) is 0 Å². The highest BCUT2D eigenvalue weighted by Gasteiger charge is 2.03. The van der Waals surface area contributed by atoms with Crippen LogP contribution in [0.4, 0.5) is 4.79 Å². The molecule has 1 unspecified atom stereocenters. The first-order valence-electron chi connectivity index (χ1n) is 3.83. The van der Waals surface area contributed by atoms with Crippen LogP contribution in [0.3, 0.4) is 0 Å². The van der Waals surface area contributed by atoms with Crippen LogP contribution in [-0.2, 0) is 4.74 Å². The Bertz CT molecular complexity index is 117. The van der Waals surface area contributed by atoms with Gasteiger partial charge in [0.25, 0.3) is 0 Å². The zero-order valence-corrected chi connectivity index (χ0v) is 6.88. The van der Waals surface area contributed by atoms with Crippen molar-refractivity contribution < 1.29 is 9.53 Å². The Morgan fingerprint density at radius 2 is 2.18 bits per heavy atom. The molecule has 0 aliphatic carbocycles. The predicted octanol–water partition coefficient (Wildman–Crippen LogP) is 0.599. The zero-order valence-electron chi connectivity index (χ0n) is 6.88. The number of hydrogen-bond donors (Lipinski definition) is 2. The average molecular weight is 160 g/mol. The minimum absolute atomic E-state index is 0.0842. The van der Waals surface area contributed by atoms with Gasteiger partial charge in [0.15, 0.2) is 0 Å². The largest absolute Gasteiger partial charge is 0.447 e. The molecule has 0 spiro atoms. The van der Waals surface area contributed by atoms with E-state index in [0.29, 0.717) is 6.54 Å². The van der Waals surface area contributed by atoms with Crippen LogP contribution in [-0.4, -0.2) is 18.7 Å². The number of rotatable bonds is 5. The minimum atomic E-state index is -0.703. The Balaban J connectivity index is 3.22. The van der Waals surface area contributed by atoms with Crippen LogP contribution in [0.2, 0.25) is 0 Å². The third kappa shape index (κ3) is 7.12. The fraction of sp³-hybridized carbons (Fsp3) is 0.857. The molecular weight excluding hydrogens is 144 g/mol. The van der Waals surface area contributed by atoms with Crippen molar-refractivity contribution in [2.24, 2.45) is 11.5 Å². The monoisotopic (exact) mass is 160 g/mol. The van der Waals surface area contributed by atoms with Crippen molar-refractivity contribution in [2.45, 2.75) is 32.3 Å². The fourth-order valence-electron chi connectivity index (χ4n) is 0.833. The summed E-state index contributed by atoms with van der Waals surface area (Å²) in [6.07, 6.45) is 1.99. The summed E-state index contributed by atoms with van der Waals surface area (Å²) < 4.78 is 4.69. The van der Waals surface area contributed by atoms with Crippen LogP contribution in [0, 0.1) is 0 Å². The zero-order chi connectivity index (χ0) is 8.69. The molecule has 0 saturated heterocycles. The Morgan fingerprint density at radius 1 is 1.55 bits per heavy atom. The minimum Gasteiger partial charge on any atom is -0.447 e. The molecular formula is C7H16N2O2. The molecule has 0 radical (unpaired) electrons. The van der Waals surface area contributed by atoms with E-state index in [-0.39, 0.29) is 6.10 Å². The van der Waals surface area contributed by atoms with Gasteiger partial charge < -0.3 is 16.2 Å². The molecule has 0 aliphatic rings. The smallest absolute Gasteiger partial charge is 0.404 e. The van der Waals surface area contributed by atoms with Crippen molar-refractivity contribution in [3.05, 3.63) is 0 Å². The van der Waals surface area contributed by atoms with E-state index in [1.807, 2.05) is 6.92 Å². The predicted molar refractivity (Wildman–Crippen MR) is 43.0 cm³/mol. The molecule has 4 nitrogen and oxygen atoms in total. The number of carbonyl (C=O) groups excluding carboxylic acids is 1. The van der Waals surface area contributed by atoms with Gasteiger partial charge in [-0.05, 0) is 32.7 Å². The molecule has 0 saturated carbocycles. The number of ether oxygens (including phenoxy) is 1. The van der Waals surface area contributed by atoms with Crippen LogP contribution < -0.4 is 11.5 Å². The molecule has 0 heterocycles. The van der Waals surface area contributed by atoms with E-state index in [1.165, 1.54) is 0 Å². The maximum Gasteiger partial charge on any atom is 0.404 e. The van der Waals surface area contributed by atoms with E-state index in [4.69, 9.17) is 16.2 Å². The van der Waals surface area contributed by atoms with Crippen molar-refractivity contribution in [3.8, 4) is 0 Å². The second kappa shape index (κ2) is 5.97.